The summed E-state index contributed by atoms with van der Waals surface area (Å²) in [5.41, 5.74) is 0.887. The van der Waals surface area contributed by atoms with E-state index in [1.54, 1.807) is 48.7 Å². The van der Waals surface area contributed by atoms with Crippen LogP contribution in [-0.4, -0.2) is 35.9 Å². The molecule has 0 saturated heterocycles. The quantitative estimate of drug-likeness (QED) is 0.355. The number of ether oxygens (including phenoxy) is 1. The molecule has 2 N–H and O–H groups in total. The van der Waals surface area contributed by atoms with Crippen LogP contribution in [0.2, 0.25) is 0 Å². The summed E-state index contributed by atoms with van der Waals surface area (Å²) in [5.74, 6) is -0.562. The molecule has 39 heavy (non-hydrogen) atoms. The topological polar surface area (TPSA) is 101 Å². The summed E-state index contributed by atoms with van der Waals surface area (Å²) in [4.78, 5) is 45.5. The number of amides is 3. The number of nitrogens with zero attached hydrogens (tertiary/aromatic N) is 2. The molecule has 0 aliphatic heterocycles. The van der Waals surface area contributed by atoms with Crippen LogP contribution in [0.1, 0.15) is 56.6 Å². The summed E-state index contributed by atoms with van der Waals surface area (Å²) in [6, 6.07) is 16.7. The predicted molar refractivity (Wildman–Crippen MR) is 147 cm³/mol. The molecule has 4 rings (SSSR count). The second kappa shape index (κ2) is 13.5. The van der Waals surface area contributed by atoms with E-state index < -0.39 is 11.9 Å². The first kappa shape index (κ1) is 27.8. The first-order valence-electron chi connectivity index (χ1n) is 13.2. The van der Waals surface area contributed by atoms with Crippen LogP contribution < -0.4 is 20.3 Å². The maximum absolute atomic E-state index is 13.8. The van der Waals surface area contributed by atoms with Crippen LogP contribution >= 0.6 is 0 Å². The lowest BCUT2D eigenvalue weighted by Crippen LogP contribution is -2.46. The highest BCUT2D eigenvalue weighted by molar-refractivity contribution is 6.02. The number of nitrogens with one attached hydrogen (secondary N) is 2. The van der Waals surface area contributed by atoms with Gasteiger partial charge in [-0.2, -0.15) is 0 Å². The minimum atomic E-state index is -1.06. The minimum absolute atomic E-state index is 0.00207. The smallest absolute Gasteiger partial charge is 0.248 e. The van der Waals surface area contributed by atoms with Crippen LogP contribution in [0.4, 0.5) is 15.9 Å². The van der Waals surface area contributed by atoms with Crippen LogP contribution in [0.5, 0.6) is 5.75 Å². The van der Waals surface area contributed by atoms with Crippen molar-refractivity contribution in [1.82, 2.24) is 10.3 Å². The molecule has 1 saturated carbocycles. The predicted octanol–water partition coefficient (Wildman–Crippen LogP) is 5.17. The molecule has 1 fully saturated rings. The zero-order valence-corrected chi connectivity index (χ0v) is 21.9. The monoisotopic (exact) mass is 532 g/mol. The van der Waals surface area contributed by atoms with Gasteiger partial charge in [0.2, 0.25) is 17.7 Å². The number of aromatic nitrogens is 1. The average molecular weight is 533 g/mol. The van der Waals surface area contributed by atoms with Gasteiger partial charge in [-0.15, -0.1) is 0 Å². The number of hydrogen-bond acceptors (Lipinski definition) is 5. The molecule has 1 aromatic heterocycles. The lowest BCUT2D eigenvalue weighted by atomic mass is 10.0. The Balaban J connectivity index is 1.60. The molecular weight excluding hydrogens is 499 g/mol. The molecule has 0 bridgehead atoms. The fourth-order valence-electron chi connectivity index (χ4n) is 4.82. The maximum atomic E-state index is 13.8. The highest BCUT2D eigenvalue weighted by Crippen LogP contribution is 2.36. The zero-order chi connectivity index (χ0) is 27.6. The second-order valence-corrected chi connectivity index (χ2v) is 9.50. The van der Waals surface area contributed by atoms with Crippen molar-refractivity contribution >= 4 is 29.2 Å². The van der Waals surface area contributed by atoms with Crippen molar-refractivity contribution in [3.63, 3.8) is 0 Å². The summed E-state index contributed by atoms with van der Waals surface area (Å²) in [5, 5.41) is 5.81. The fourth-order valence-corrected chi connectivity index (χ4v) is 4.82. The number of rotatable bonds is 11. The van der Waals surface area contributed by atoms with Gasteiger partial charge in [-0.05, 0) is 61.2 Å². The Labute approximate surface area is 227 Å². The number of pyridine rings is 1. The standard InChI is InChI=1S/C30H33FN4O4/c1-39-25-12-5-4-11-24(25)35(28(37)15-8-14-27(36)34-26-13-6-7-20-32-26)29(21-16-18-22(31)19-17-21)30(38)33-23-9-2-3-10-23/h4-7,11-13,16-20,23,29H,2-3,8-10,14-15H2,1H3,(H,33,38)(H,32,34,36)/t29-/m0/s1. The lowest BCUT2D eigenvalue weighted by Gasteiger charge is -2.33. The number of carbonyl (C=O) groups is 3. The van der Waals surface area contributed by atoms with Crippen molar-refractivity contribution in [1.29, 1.82) is 0 Å². The molecule has 1 atom stereocenters. The summed E-state index contributed by atoms with van der Waals surface area (Å²) >= 11 is 0. The normalized spacial score (nSPS) is 13.9. The zero-order valence-electron chi connectivity index (χ0n) is 21.9. The van der Waals surface area contributed by atoms with Gasteiger partial charge in [0.15, 0.2) is 0 Å². The van der Waals surface area contributed by atoms with Crippen LogP contribution in [-0.2, 0) is 14.4 Å². The van der Waals surface area contributed by atoms with Gasteiger partial charge in [0.1, 0.15) is 23.4 Å². The summed E-state index contributed by atoms with van der Waals surface area (Å²) in [7, 11) is 1.49. The van der Waals surface area contributed by atoms with Gasteiger partial charge in [0.25, 0.3) is 0 Å². The summed E-state index contributed by atoms with van der Waals surface area (Å²) in [6.07, 6.45) is 5.73. The molecule has 204 valence electrons. The number of methoxy groups -OCH3 is 1. The molecule has 0 unspecified atom stereocenters. The summed E-state index contributed by atoms with van der Waals surface area (Å²) < 4.78 is 19.4. The van der Waals surface area contributed by atoms with E-state index in [-0.39, 0.29) is 43.0 Å². The van der Waals surface area contributed by atoms with Crippen molar-refractivity contribution < 1.29 is 23.5 Å². The molecule has 1 aliphatic carbocycles. The fraction of sp³-hybridized carbons (Fsp3) is 0.333. The van der Waals surface area contributed by atoms with Gasteiger partial charge < -0.3 is 15.4 Å². The molecule has 3 amide bonds. The highest BCUT2D eigenvalue weighted by atomic mass is 19.1. The molecule has 1 heterocycles. The van der Waals surface area contributed by atoms with Crippen molar-refractivity contribution in [2.24, 2.45) is 0 Å². The first-order valence-corrected chi connectivity index (χ1v) is 13.2. The number of halogens is 1. The van der Waals surface area contributed by atoms with E-state index in [2.05, 4.69) is 15.6 Å². The number of benzene rings is 2. The minimum Gasteiger partial charge on any atom is -0.495 e. The molecule has 2 aromatic carbocycles. The maximum Gasteiger partial charge on any atom is 0.248 e. The third kappa shape index (κ3) is 7.40. The van der Waals surface area contributed by atoms with Crippen LogP contribution in [0.15, 0.2) is 72.9 Å². The molecule has 1 aliphatic rings. The number of hydrogen-bond donors (Lipinski definition) is 2. The van der Waals surface area contributed by atoms with Gasteiger partial charge in [0, 0.05) is 25.1 Å². The van der Waals surface area contributed by atoms with Gasteiger partial charge in [-0.25, -0.2) is 9.37 Å². The SMILES string of the molecule is COc1ccccc1N(C(=O)CCCC(=O)Nc1ccccn1)[C@H](C(=O)NC1CCCC1)c1ccc(F)cc1. The first-order chi connectivity index (χ1) is 19.0. The van der Waals surface area contributed by atoms with E-state index >= 15 is 0 Å². The molecule has 0 radical (unpaired) electrons. The van der Waals surface area contributed by atoms with Gasteiger partial charge in [-0.3, -0.25) is 19.3 Å². The third-order valence-electron chi connectivity index (χ3n) is 6.73. The Morgan fingerprint density at radius 3 is 2.41 bits per heavy atom. The van der Waals surface area contributed by atoms with Crippen molar-refractivity contribution in [2.45, 2.75) is 57.0 Å². The number of carbonyl (C=O) groups excluding carboxylic acids is 3. The third-order valence-corrected chi connectivity index (χ3v) is 6.73. The Bertz CT molecular complexity index is 1260. The number of anilines is 2. The van der Waals surface area contributed by atoms with Crippen molar-refractivity contribution in [3.8, 4) is 5.75 Å². The Morgan fingerprint density at radius 2 is 1.72 bits per heavy atom. The number of para-hydroxylation sites is 2. The second-order valence-electron chi connectivity index (χ2n) is 9.50. The van der Waals surface area contributed by atoms with Gasteiger partial charge >= 0.3 is 0 Å². The van der Waals surface area contributed by atoms with Gasteiger partial charge in [0.05, 0.1) is 12.8 Å². The summed E-state index contributed by atoms with van der Waals surface area (Å²) in [6.45, 7) is 0. The van der Waals surface area contributed by atoms with Crippen LogP contribution in [0.3, 0.4) is 0 Å². The Kier molecular flexibility index (Phi) is 9.61. The Hall–Kier alpha value is -4.27. The molecule has 0 spiro atoms. The lowest BCUT2D eigenvalue weighted by molar-refractivity contribution is -0.127. The molecule has 3 aromatic rings. The van der Waals surface area contributed by atoms with E-state index in [4.69, 9.17) is 4.74 Å². The van der Waals surface area contributed by atoms with E-state index in [0.717, 1.165) is 25.7 Å². The van der Waals surface area contributed by atoms with Crippen LogP contribution in [0, 0.1) is 5.82 Å². The van der Waals surface area contributed by atoms with E-state index in [9.17, 15) is 18.8 Å². The van der Waals surface area contributed by atoms with E-state index in [1.165, 1.54) is 36.3 Å². The highest BCUT2D eigenvalue weighted by Gasteiger charge is 2.35. The molecule has 9 heteroatoms. The Morgan fingerprint density at radius 1 is 1.00 bits per heavy atom. The average Bonchev–Trinajstić information content (AvgIpc) is 3.46. The van der Waals surface area contributed by atoms with E-state index in [0.29, 0.717) is 22.8 Å². The molecular formula is C30H33FN4O4. The van der Waals surface area contributed by atoms with Crippen LogP contribution in [0.25, 0.3) is 0 Å². The van der Waals surface area contributed by atoms with Gasteiger partial charge in [-0.1, -0.05) is 43.2 Å². The van der Waals surface area contributed by atoms with Crippen molar-refractivity contribution in [2.75, 3.05) is 17.3 Å². The molecule has 8 nitrogen and oxygen atoms in total. The largest absolute Gasteiger partial charge is 0.495 e. The van der Waals surface area contributed by atoms with Crippen molar-refractivity contribution in [3.05, 3.63) is 84.3 Å². The van der Waals surface area contributed by atoms with E-state index in [1.807, 2.05) is 0 Å².